The second-order valence-corrected chi connectivity index (χ2v) is 7.41. The Labute approximate surface area is 189 Å². The van der Waals surface area contributed by atoms with Crippen molar-refractivity contribution >= 4 is 22.6 Å². The average Bonchev–Trinajstić information content (AvgIpc) is 2.87. The molecule has 33 heavy (non-hydrogen) atoms. The number of pyridine rings is 2. The van der Waals surface area contributed by atoms with Gasteiger partial charge in [0.25, 0.3) is 5.91 Å². The van der Waals surface area contributed by atoms with Crippen molar-refractivity contribution < 1.29 is 9.18 Å². The van der Waals surface area contributed by atoms with Crippen molar-refractivity contribution in [2.45, 2.75) is 12.8 Å². The van der Waals surface area contributed by atoms with E-state index in [1.54, 1.807) is 30.5 Å². The molecule has 4 rings (SSSR count). The van der Waals surface area contributed by atoms with E-state index in [1.807, 2.05) is 13.0 Å². The number of nitriles is 1. The summed E-state index contributed by atoms with van der Waals surface area (Å²) in [6.45, 7) is 2.48. The summed E-state index contributed by atoms with van der Waals surface area (Å²) in [5, 5.41) is 14.9. The molecule has 164 valence electrons. The first-order chi connectivity index (χ1) is 16.0. The summed E-state index contributed by atoms with van der Waals surface area (Å²) < 4.78 is 14.6. The van der Waals surface area contributed by atoms with Crippen molar-refractivity contribution in [3.05, 3.63) is 77.8 Å². The van der Waals surface area contributed by atoms with Crippen LogP contribution in [-0.2, 0) is 0 Å². The molecule has 0 spiro atoms. The number of carbonyl (C=O) groups excluding carboxylic acids is 1. The molecule has 0 aliphatic carbocycles. The van der Waals surface area contributed by atoms with Gasteiger partial charge >= 0.3 is 0 Å². The second kappa shape index (κ2) is 9.36. The summed E-state index contributed by atoms with van der Waals surface area (Å²) in [7, 11) is 1.51. The largest absolute Gasteiger partial charge is 0.369 e. The number of nitrogens with zero attached hydrogens (tertiary/aromatic N) is 5. The highest BCUT2D eigenvalue weighted by Crippen LogP contribution is 2.29. The van der Waals surface area contributed by atoms with Crippen LogP contribution in [0.2, 0.25) is 0 Å². The molecule has 1 amide bonds. The van der Waals surface area contributed by atoms with Gasteiger partial charge in [-0.3, -0.25) is 9.78 Å². The highest BCUT2D eigenvalue weighted by Gasteiger charge is 2.18. The molecule has 1 aromatic carbocycles. The number of halogens is 1. The lowest BCUT2D eigenvalue weighted by atomic mass is 9.95. The third-order valence-corrected chi connectivity index (χ3v) is 5.31. The first-order valence-corrected chi connectivity index (χ1v) is 10.2. The van der Waals surface area contributed by atoms with Gasteiger partial charge in [0.05, 0.1) is 16.8 Å². The Kier molecular flexibility index (Phi) is 6.17. The third-order valence-electron chi connectivity index (χ3n) is 5.31. The molecular formula is C24H20FN7O. The van der Waals surface area contributed by atoms with Crippen molar-refractivity contribution in [1.29, 1.82) is 5.26 Å². The van der Waals surface area contributed by atoms with Gasteiger partial charge in [-0.1, -0.05) is 13.0 Å². The SMILES string of the molecule is CNC(=O)c1ccnc2c([C@H](C)CNc3cc(-c4ccc(C#N)nc4)ncn3)ccc(F)c12. The van der Waals surface area contributed by atoms with Crippen LogP contribution in [0, 0.1) is 17.1 Å². The molecule has 0 fully saturated rings. The van der Waals surface area contributed by atoms with Crippen molar-refractivity contribution in [3.8, 4) is 17.3 Å². The van der Waals surface area contributed by atoms with E-state index >= 15 is 0 Å². The van der Waals surface area contributed by atoms with Crippen LogP contribution in [0.1, 0.15) is 34.5 Å². The molecule has 1 atom stereocenters. The van der Waals surface area contributed by atoms with Gasteiger partial charge in [0.1, 0.15) is 29.7 Å². The highest BCUT2D eigenvalue weighted by atomic mass is 19.1. The molecule has 0 bridgehead atoms. The Balaban J connectivity index is 1.57. The molecule has 0 aliphatic rings. The number of fused-ring (bicyclic) bond motifs is 1. The molecule has 3 aromatic heterocycles. The van der Waals surface area contributed by atoms with Crippen molar-refractivity contribution in [3.63, 3.8) is 0 Å². The maximum absolute atomic E-state index is 14.6. The lowest BCUT2D eigenvalue weighted by Crippen LogP contribution is -2.19. The van der Waals surface area contributed by atoms with E-state index in [2.05, 4.69) is 30.6 Å². The molecule has 0 aliphatic heterocycles. The normalized spacial score (nSPS) is 11.6. The van der Waals surface area contributed by atoms with Gasteiger partial charge in [-0.15, -0.1) is 0 Å². The summed E-state index contributed by atoms with van der Waals surface area (Å²) in [4.78, 5) is 29.2. The number of carbonyl (C=O) groups is 1. The summed E-state index contributed by atoms with van der Waals surface area (Å²) in [6.07, 6.45) is 4.55. The van der Waals surface area contributed by atoms with E-state index in [-0.39, 0.29) is 22.8 Å². The fourth-order valence-electron chi connectivity index (χ4n) is 3.56. The van der Waals surface area contributed by atoms with E-state index in [0.717, 1.165) is 11.1 Å². The zero-order chi connectivity index (χ0) is 23.4. The summed E-state index contributed by atoms with van der Waals surface area (Å²) in [5.41, 5.74) is 3.29. The molecule has 9 heteroatoms. The molecule has 0 radical (unpaired) electrons. The molecule has 2 N–H and O–H groups in total. The number of anilines is 1. The zero-order valence-electron chi connectivity index (χ0n) is 18.0. The second-order valence-electron chi connectivity index (χ2n) is 7.41. The van der Waals surface area contributed by atoms with Crippen molar-refractivity contribution in [1.82, 2.24) is 25.3 Å². The third kappa shape index (κ3) is 4.45. The molecule has 0 saturated carbocycles. The minimum Gasteiger partial charge on any atom is -0.369 e. The van der Waals surface area contributed by atoms with Gasteiger partial charge in [0.15, 0.2) is 0 Å². The summed E-state index contributed by atoms with van der Waals surface area (Å²) >= 11 is 0. The molecule has 0 unspecified atom stereocenters. The summed E-state index contributed by atoms with van der Waals surface area (Å²) in [6, 6.07) is 11.8. The lowest BCUT2D eigenvalue weighted by molar-refractivity contribution is 0.0964. The van der Waals surface area contributed by atoms with Gasteiger partial charge in [0.2, 0.25) is 0 Å². The van der Waals surface area contributed by atoms with Gasteiger partial charge < -0.3 is 10.6 Å². The van der Waals surface area contributed by atoms with Crippen LogP contribution < -0.4 is 10.6 Å². The van der Waals surface area contributed by atoms with Crippen LogP contribution in [0.4, 0.5) is 10.2 Å². The number of rotatable bonds is 6. The Morgan fingerprint density at radius 1 is 1.15 bits per heavy atom. The van der Waals surface area contributed by atoms with E-state index in [9.17, 15) is 9.18 Å². The smallest absolute Gasteiger partial charge is 0.251 e. The van der Waals surface area contributed by atoms with Gasteiger partial charge in [-0.2, -0.15) is 5.26 Å². The first kappa shape index (κ1) is 21.8. The van der Waals surface area contributed by atoms with Crippen LogP contribution >= 0.6 is 0 Å². The van der Waals surface area contributed by atoms with E-state index in [4.69, 9.17) is 5.26 Å². The van der Waals surface area contributed by atoms with Gasteiger partial charge in [0, 0.05) is 48.9 Å². The Morgan fingerprint density at radius 2 is 2.00 bits per heavy atom. The standard InChI is InChI=1S/C24H20FN7O/c1-14(17-5-6-19(25)22-18(24(33)27-2)7-8-28-23(17)22)11-30-21-9-20(31-13-32-21)15-3-4-16(10-26)29-12-15/h3-9,12-14H,11H2,1-2H3,(H,27,33)(H,30,31,32)/t14-/m1/s1. The molecule has 3 heterocycles. The molecule has 4 aromatic rings. The molecular weight excluding hydrogens is 421 g/mol. The van der Waals surface area contributed by atoms with E-state index in [1.165, 1.54) is 31.7 Å². The maximum Gasteiger partial charge on any atom is 0.251 e. The van der Waals surface area contributed by atoms with Crippen LogP contribution in [0.25, 0.3) is 22.2 Å². The predicted octanol–water partition coefficient (Wildman–Crippen LogP) is 3.67. The minimum atomic E-state index is -0.489. The van der Waals surface area contributed by atoms with Crippen molar-refractivity contribution in [2.24, 2.45) is 0 Å². The van der Waals surface area contributed by atoms with Crippen LogP contribution in [0.5, 0.6) is 0 Å². The minimum absolute atomic E-state index is 0.0597. The number of nitrogens with one attached hydrogen (secondary N) is 2. The fourth-order valence-corrected chi connectivity index (χ4v) is 3.56. The van der Waals surface area contributed by atoms with Crippen LogP contribution in [0.15, 0.2) is 55.1 Å². The molecule has 8 nitrogen and oxygen atoms in total. The summed E-state index contributed by atoms with van der Waals surface area (Å²) in [5.74, 6) is -0.302. The van der Waals surface area contributed by atoms with Crippen molar-refractivity contribution in [2.75, 3.05) is 18.9 Å². The van der Waals surface area contributed by atoms with Gasteiger partial charge in [-0.25, -0.2) is 19.3 Å². The number of benzene rings is 1. The highest BCUT2D eigenvalue weighted by molar-refractivity contribution is 6.06. The lowest BCUT2D eigenvalue weighted by Gasteiger charge is -2.17. The van der Waals surface area contributed by atoms with Crippen LogP contribution in [-0.4, -0.2) is 39.4 Å². The monoisotopic (exact) mass is 441 g/mol. The first-order valence-electron chi connectivity index (χ1n) is 10.2. The van der Waals surface area contributed by atoms with E-state index < -0.39 is 5.82 Å². The Bertz CT molecular complexity index is 1370. The number of amides is 1. The topological polar surface area (TPSA) is 116 Å². The number of aromatic nitrogens is 4. The Morgan fingerprint density at radius 3 is 2.73 bits per heavy atom. The number of hydrogen-bond acceptors (Lipinski definition) is 7. The quantitative estimate of drug-likeness (QED) is 0.469. The molecule has 0 saturated heterocycles. The zero-order valence-corrected chi connectivity index (χ0v) is 18.0. The predicted molar refractivity (Wildman–Crippen MR) is 122 cm³/mol. The van der Waals surface area contributed by atoms with E-state index in [0.29, 0.717) is 29.3 Å². The average molecular weight is 441 g/mol. The number of hydrogen-bond donors (Lipinski definition) is 2. The van der Waals surface area contributed by atoms with Gasteiger partial charge in [-0.05, 0) is 29.8 Å². The fraction of sp³-hybridized carbons (Fsp3) is 0.167. The Hall–Kier alpha value is -4.45. The maximum atomic E-state index is 14.6. The van der Waals surface area contributed by atoms with Crippen LogP contribution in [0.3, 0.4) is 0 Å².